The fourth-order valence-electron chi connectivity index (χ4n) is 1.67. The number of alkyl halides is 3. The number of anilines is 1. The molecule has 0 aliphatic carbocycles. The van der Waals surface area contributed by atoms with Gasteiger partial charge >= 0.3 is 6.18 Å². The normalized spacial score (nSPS) is 11.9. The van der Waals surface area contributed by atoms with E-state index in [2.05, 4.69) is 21.2 Å². The van der Waals surface area contributed by atoms with Crippen LogP contribution in [0.2, 0.25) is 0 Å². The first-order valence-corrected chi connectivity index (χ1v) is 7.32. The van der Waals surface area contributed by atoms with Gasteiger partial charge in [-0.3, -0.25) is 0 Å². The van der Waals surface area contributed by atoms with E-state index < -0.39 is 11.7 Å². The Morgan fingerprint density at radius 1 is 1.25 bits per heavy atom. The van der Waals surface area contributed by atoms with Crippen molar-refractivity contribution < 1.29 is 17.9 Å². The fraction of sp³-hybridized carbons (Fsp3) is 0.571. The smallest absolute Gasteiger partial charge is 0.385 e. The topological polar surface area (TPSA) is 21.3 Å². The zero-order valence-corrected chi connectivity index (χ0v) is 13.1. The molecule has 0 spiro atoms. The predicted octanol–water partition coefficient (Wildman–Crippen LogP) is 5.09. The maximum absolute atomic E-state index is 12.9. The molecular formula is C14H19BrF3NO. The summed E-state index contributed by atoms with van der Waals surface area (Å²) in [6, 6.07) is 4.13. The molecule has 1 aromatic carbocycles. The lowest BCUT2D eigenvalue weighted by atomic mass is 10.1. The molecule has 2 nitrogen and oxygen atoms in total. The Hall–Kier alpha value is -0.750. The van der Waals surface area contributed by atoms with Crippen LogP contribution in [-0.4, -0.2) is 19.3 Å². The standard InChI is InChI=1S/C14H19BrF3NO/c1-10(2)20-8-4-3-7-19-13-6-5-11(15)9-12(13)14(16,17)18/h5-6,9-10,19H,3-4,7-8H2,1-2H3. The number of ether oxygens (including phenoxy) is 1. The summed E-state index contributed by atoms with van der Waals surface area (Å²) in [4.78, 5) is 0. The van der Waals surface area contributed by atoms with E-state index in [9.17, 15) is 13.2 Å². The van der Waals surface area contributed by atoms with Crippen molar-refractivity contribution in [3.63, 3.8) is 0 Å². The molecule has 6 heteroatoms. The van der Waals surface area contributed by atoms with Crippen molar-refractivity contribution in [3.05, 3.63) is 28.2 Å². The van der Waals surface area contributed by atoms with Crippen molar-refractivity contribution in [1.29, 1.82) is 0 Å². The van der Waals surface area contributed by atoms with Gasteiger partial charge < -0.3 is 10.1 Å². The fourth-order valence-corrected chi connectivity index (χ4v) is 2.04. The predicted molar refractivity (Wildman–Crippen MR) is 78.0 cm³/mol. The summed E-state index contributed by atoms with van der Waals surface area (Å²) < 4.78 is 44.4. The highest BCUT2D eigenvalue weighted by atomic mass is 79.9. The molecule has 0 bridgehead atoms. The van der Waals surface area contributed by atoms with Crippen LogP contribution in [0.15, 0.2) is 22.7 Å². The van der Waals surface area contributed by atoms with Gasteiger partial charge in [-0.2, -0.15) is 13.2 Å². The number of unbranched alkanes of at least 4 members (excludes halogenated alkanes) is 1. The van der Waals surface area contributed by atoms with Crippen LogP contribution in [0.4, 0.5) is 18.9 Å². The molecule has 0 amide bonds. The second-order valence-electron chi connectivity index (χ2n) is 4.74. The van der Waals surface area contributed by atoms with Crippen LogP contribution in [0.3, 0.4) is 0 Å². The highest BCUT2D eigenvalue weighted by molar-refractivity contribution is 9.10. The lowest BCUT2D eigenvalue weighted by Crippen LogP contribution is -2.12. The molecule has 0 aliphatic heterocycles. The number of benzene rings is 1. The minimum atomic E-state index is -4.35. The third-order valence-electron chi connectivity index (χ3n) is 2.62. The molecule has 1 rings (SSSR count). The van der Waals surface area contributed by atoms with Gasteiger partial charge in [0.25, 0.3) is 0 Å². The Balaban J connectivity index is 2.48. The summed E-state index contributed by atoms with van der Waals surface area (Å²) in [5.74, 6) is 0. The Labute approximate surface area is 125 Å². The van der Waals surface area contributed by atoms with E-state index in [0.717, 1.165) is 18.9 Å². The minimum Gasteiger partial charge on any atom is -0.385 e. The average molecular weight is 354 g/mol. The molecule has 0 fully saturated rings. The number of nitrogens with one attached hydrogen (secondary N) is 1. The van der Waals surface area contributed by atoms with Gasteiger partial charge in [-0.05, 0) is 44.9 Å². The van der Waals surface area contributed by atoms with Gasteiger partial charge in [0, 0.05) is 23.3 Å². The number of hydrogen-bond acceptors (Lipinski definition) is 2. The van der Waals surface area contributed by atoms with Crippen LogP contribution in [-0.2, 0) is 10.9 Å². The molecule has 0 aromatic heterocycles. The molecule has 1 aromatic rings. The Kier molecular flexibility index (Phi) is 6.82. The van der Waals surface area contributed by atoms with Crippen LogP contribution in [0, 0.1) is 0 Å². The van der Waals surface area contributed by atoms with E-state index in [0.29, 0.717) is 17.6 Å². The van der Waals surface area contributed by atoms with Gasteiger partial charge in [-0.15, -0.1) is 0 Å². The van der Waals surface area contributed by atoms with Gasteiger partial charge in [0.1, 0.15) is 0 Å². The summed E-state index contributed by atoms with van der Waals surface area (Å²) >= 11 is 3.06. The first kappa shape index (κ1) is 17.3. The second-order valence-corrected chi connectivity index (χ2v) is 5.66. The van der Waals surface area contributed by atoms with E-state index in [-0.39, 0.29) is 11.8 Å². The molecule has 0 saturated carbocycles. The highest BCUT2D eigenvalue weighted by Gasteiger charge is 2.33. The minimum absolute atomic E-state index is 0.116. The van der Waals surface area contributed by atoms with Crippen molar-refractivity contribution in [2.24, 2.45) is 0 Å². The summed E-state index contributed by atoms with van der Waals surface area (Å²) in [6.07, 6.45) is -2.58. The van der Waals surface area contributed by atoms with Gasteiger partial charge in [0.2, 0.25) is 0 Å². The molecule has 0 heterocycles. The van der Waals surface area contributed by atoms with Crippen molar-refractivity contribution >= 4 is 21.6 Å². The maximum Gasteiger partial charge on any atom is 0.418 e. The van der Waals surface area contributed by atoms with E-state index in [4.69, 9.17) is 4.74 Å². The van der Waals surface area contributed by atoms with Gasteiger partial charge in [0.15, 0.2) is 0 Å². The molecule has 0 atom stereocenters. The molecule has 0 unspecified atom stereocenters. The first-order chi connectivity index (χ1) is 9.30. The zero-order valence-electron chi connectivity index (χ0n) is 11.6. The molecule has 20 heavy (non-hydrogen) atoms. The second kappa shape index (κ2) is 7.88. The van der Waals surface area contributed by atoms with E-state index in [1.54, 1.807) is 6.07 Å². The summed E-state index contributed by atoms with van der Waals surface area (Å²) in [5.41, 5.74) is -0.532. The number of hydrogen-bond donors (Lipinski definition) is 1. The monoisotopic (exact) mass is 353 g/mol. The van der Waals surface area contributed by atoms with Crippen LogP contribution < -0.4 is 5.32 Å². The lowest BCUT2D eigenvalue weighted by Gasteiger charge is -2.15. The first-order valence-electron chi connectivity index (χ1n) is 6.53. The molecular weight excluding hydrogens is 335 g/mol. The maximum atomic E-state index is 12.9. The third kappa shape index (κ3) is 6.13. The quantitative estimate of drug-likeness (QED) is 0.689. The highest BCUT2D eigenvalue weighted by Crippen LogP contribution is 2.36. The van der Waals surface area contributed by atoms with Crippen molar-refractivity contribution in [3.8, 4) is 0 Å². The van der Waals surface area contributed by atoms with E-state index in [1.807, 2.05) is 13.8 Å². The molecule has 0 saturated heterocycles. The molecule has 0 aliphatic rings. The van der Waals surface area contributed by atoms with Gasteiger partial charge in [-0.25, -0.2) is 0 Å². The summed E-state index contributed by atoms with van der Waals surface area (Å²) in [5, 5.41) is 2.84. The van der Waals surface area contributed by atoms with E-state index in [1.165, 1.54) is 6.07 Å². The van der Waals surface area contributed by atoms with Gasteiger partial charge in [0.05, 0.1) is 11.7 Å². The number of rotatable bonds is 7. The summed E-state index contributed by atoms with van der Waals surface area (Å²) in [7, 11) is 0. The number of halogens is 4. The van der Waals surface area contributed by atoms with Crippen LogP contribution in [0.5, 0.6) is 0 Å². The summed E-state index contributed by atoms with van der Waals surface area (Å²) in [6.45, 7) is 5.03. The zero-order chi connectivity index (χ0) is 15.2. The SMILES string of the molecule is CC(C)OCCCCNc1ccc(Br)cc1C(F)(F)F. The largest absolute Gasteiger partial charge is 0.418 e. The van der Waals surface area contributed by atoms with Crippen molar-refractivity contribution in [2.75, 3.05) is 18.5 Å². The average Bonchev–Trinajstić information content (AvgIpc) is 2.33. The van der Waals surface area contributed by atoms with E-state index >= 15 is 0 Å². The molecule has 0 radical (unpaired) electrons. The van der Waals surface area contributed by atoms with Crippen molar-refractivity contribution in [2.45, 2.75) is 39.0 Å². The molecule has 1 N–H and O–H groups in total. The Morgan fingerprint density at radius 3 is 2.55 bits per heavy atom. The van der Waals surface area contributed by atoms with Crippen LogP contribution in [0.25, 0.3) is 0 Å². The van der Waals surface area contributed by atoms with Gasteiger partial charge in [-0.1, -0.05) is 15.9 Å². The van der Waals surface area contributed by atoms with Crippen LogP contribution in [0.1, 0.15) is 32.3 Å². The lowest BCUT2D eigenvalue weighted by molar-refractivity contribution is -0.137. The Morgan fingerprint density at radius 2 is 1.95 bits per heavy atom. The Bertz CT molecular complexity index is 421. The molecule has 114 valence electrons. The third-order valence-corrected chi connectivity index (χ3v) is 3.12. The van der Waals surface area contributed by atoms with Crippen LogP contribution >= 0.6 is 15.9 Å². The van der Waals surface area contributed by atoms with Crippen molar-refractivity contribution in [1.82, 2.24) is 0 Å².